The van der Waals surface area contributed by atoms with Crippen LogP contribution in [0, 0.1) is 0 Å². The van der Waals surface area contributed by atoms with Gasteiger partial charge in [0.15, 0.2) is 0 Å². The summed E-state index contributed by atoms with van der Waals surface area (Å²) in [4.78, 5) is 15.3. The summed E-state index contributed by atoms with van der Waals surface area (Å²) in [6, 6.07) is 12.0. The van der Waals surface area contributed by atoms with E-state index in [0.717, 1.165) is 23.7 Å². The maximum absolute atomic E-state index is 12.2. The van der Waals surface area contributed by atoms with Crippen LogP contribution in [-0.2, 0) is 0 Å². The maximum atomic E-state index is 12.2. The SMILES string of the molecule is CCN(CC)C(CNC(=O)c1cccs1)c1ccc(OC)cc1. The van der Waals surface area contributed by atoms with Crippen LogP contribution in [0.25, 0.3) is 0 Å². The molecule has 1 aromatic heterocycles. The van der Waals surface area contributed by atoms with Gasteiger partial charge in [-0.1, -0.05) is 32.0 Å². The van der Waals surface area contributed by atoms with Crippen molar-refractivity contribution in [3.05, 3.63) is 52.2 Å². The van der Waals surface area contributed by atoms with E-state index in [-0.39, 0.29) is 11.9 Å². The van der Waals surface area contributed by atoms with Crippen LogP contribution in [0.1, 0.15) is 35.1 Å². The van der Waals surface area contributed by atoms with Gasteiger partial charge in [-0.3, -0.25) is 9.69 Å². The number of methoxy groups -OCH3 is 1. The van der Waals surface area contributed by atoms with Crippen molar-refractivity contribution in [3.63, 3.8) is 0 Å². The fourth-order valence-corrected chi connectivity index (χ4v) is 3.27. The maximum Gasteiger partial charge on any atom is 0.261 e. The summed E-state index contributed by atoms with van der Waals surface area (Å²) in [6.45, 7) is 6.73. The van der Waals surface area contributed by atoms with Crippen molar-refractivity contribution < 1.29 is 9.53 Å². The highest BCUT2D eigenvalue weighted by Crippen LogP contribution is 2.22. The van der Waals surface area contributed by atoms with Crippen LogP contribution < -0.4 is 10.1 Å². The van der Waals surface area contributed by atoms with Gasteiger partial charge in [0, 0.05) is 6.54 Å². The molecule has 1 N–H and O–H groups in total. The van der Waals surface area contributed by atoms with E-state index in [9.17, 15) is 4.79 Å². The van der Waals surface area contributed by atoms with E-state index in [4.69, 9.17) is 4.74 Å². The summed E-state index contributed by atoms with van der Waals surface area (Å²) in [7, 11) is 1.66. The van der Waals surface area contributed by atoms with Crippen LogP contribution >= 0.6 is 11.3 Å². The van der Waals surface area contributed by atoms with Gasteiger partial charge in [-0.05, 0) is 42.2 Å². The molecule has 0 aliphatic carbocycles. The van der Waals surface area contributed by atoms with Gasteiger partial charge in [-0.15, -0.1) is 11.3 Å². The number of nitrogens with one attached hydrogen (secondary N) is 1. The molecule has 2 rings (SSSR count). The van der Waals surface area contributed by atoms with E-state index >= 15 is 0 Å². The lowest BCUT2D eigenvalue weighted by molar-refractivity contribution is 0.0939. The first-order valence-corrected chi connectivity index (χ1v) is 8.77. The minimum atomic E-state index is -0.00864. The minimum absolute atomic E-state index is 0.00864. The van der Waals surface area contributed by atoms with Crippen LogP contribution in [0.15, 0.2) is 41.8 Å². The Morgan fingerprint density at radius 1 is 1.22 bits per heavy atom. The van der Waals surface area contributed by atoms with Gasteiger partial charge in [0.2, 0.25) is 0 Å². The first kappa shape index (κ1) is 17.5. The summed E-state index contributed by atoms with van der Waals surface area (Å²) in [5.41, 5.74) is 1.18. The molecule has 5 heteroatoms. The number of thiophene rings is 1. The quantitative estimate of drug-likeness (QED) is 0.803. The summed E-state index contributed by atoms with van der Waals surface area (Å²) in [6.07, 6.45) is 0. The Morgan fingerprint density at radius 2 is 1.91 bits per heavy atom. The highest BCUT2D eigenvalue weighted by atomic mass is 32.1. The molecule has 1 aromatic carbocycles. The number of ether oxygens (including phenoxy) is 1. The second-order valence-electron chi connectivity index (χ2n) is 5.20. The van der Waals surface area contributed by atoms with Gasteiger partial charge in [-0.25, -0.2) is 0 Å². The van der Waals surface area contributed by atoms with Crippen LogP contribution in [0.3, 0.4) is 0 Å². The lowest BCUT2D eigenvalue weighted by Gasteiger charge is -2.30. The van der Waals surface area contributed by atoms with E-state index < -0.39 is 0 Å². The third-order valence-corrected chi connectivity index (χ3v) is 4.82. The smallest absolute Gasteiger partial charge is 0.261 e. The number of carbonyl (C=O) groups is 1. The molecule has 0 spiro atoms. The Labute approximate surface area is 142 Å². The molecular formula is C18H24N2O2S. The molecule has 23 heavy (non-hydrogen) atoms. The van der Waals surface area contributed by atoms with Crippen molar-refractivity contribution in [2.24, 2.45) is 0 Å². The average Bonchev–Trinajstić information content (AvgIpc) is 3.13. The fraction of sp³-hybridized carbons (Fsp3) is 0.389. The standard InChI is InChI=1S/C18H24N2O2S/c1-4-20(5-2)16(14-8-10-15(22-3)11-9-14)13-19-18(21)17-7-6-12-23-17/h6-12,16H,4-5,13H2,1-3H3,(H,19,21). The van der Waals surface area contributed by atoms with Gasteiger partial charge in [0.05, 0.1) is 18.0 Å². The molecule has 1 heterocycles. The third-order valence-electron chi connectivity index (χ3n) is 3.95. The second-order valence-corrected chi connectivity index (χ2v) is 6.15. The Kier molecular flexibility index (Phi) is 6.62. The van der Waals surface area contributed by atoms with Crippen molar-refractivity contribution in [2.45, 2.75) is 19.9 Å². The lowest BCUT2D eigenvalue weighted by Crippen LogP contribution is -2.37. The Balaban J connectivity index is 2.11. The van der Waals surface area contributed by atoms with E-state index in [2.05, 4.69) is 36.2 Å². The zero-order chi connectivity index (χ0) is 16.7. The van der Waals surface area contributed by atoms with E-state index in [0.29, 0.717) is 6.54 Å². The Bertz CT molecular complexity index is 592. The number of amides is 1. The van der Waals surface area contributed by atoms with Crippen LogP contribution in [0.4, 0.5) is 0 Å². The monoisotopic (exact) mass is 332 g/mol. The number of hydrogen-bond acceptors (Lipinski definition) is 4. The number of carbonyl (C=O) groups excluding carboxylic acids is 1. The molecule has 124 valence electrons. The predicted molar refractivity (Wildman–Crippen MR) is 95.3 cm³/mol. The lowest BCUT2D eigenvalue weighted by atomic mass is 10.0. The van der Waals surface area contributed by atoms with Crippen LogP contribution in [0.5, 0.6) is 5.75 Å². The van der Waals surface area contributed by atoms with Gasteiger partial charge < -0.3 is 10.1 Å². The van der Waals surface area contributed by atoms with Crippen molar-refractivity contribution in [1.29, 1.82) is 0 Å². The number of hydrogen-bond donors (Lipinski definition) is 1. The predicted octanol–water partition coefficient (Wildman–Crippen LogP) is 3.57. The first-order chi connectivity index (χ1) is 11.2. The zero-order valence-corrected chi connectivity index (χ0v) is 14.7. The number of benzene rings is 1. The average molecular weight is 332 g/mol. The molecule has 1 atom stereocenters. The highest BCUT2D eigenvalue weighted by molar-refractivity contribution is 7.12. The molecule has 0 fully saturated rings. The number of rotatable bonds is 8. The molecule has 1 amide bonds. The van der Waals surface area contributed by atoms with Gasteiger partial charge >= 0.3 is 0 Å². The molecular weight excluding hydrogens is 308 g/mol. The number of nitrogens with zero attached hydrogens (tertiary/aromatic N) is 1. The number of likely N-dealkylation sites (N-methyl/N-ethyl adjacent to an activating group) is 1. The normalized spacial score (nSPS) is 12.2. The molecule has 4 nitrogen and oxygen atoms in total. The second kappa shape index (κ2) is 8.70. The van der Waals surface area contributed by atoms with Crippen LogP contribution in [-0.4, -0.2) is 37.6 Å². The molecule has 2 aromatic rings. The van der Waals surface area contributed by atoms with Gasteiger partial charge in [-0.2, -0.15) is 0 Å². The zero-order valence-electron chi connectivity index (χ0n) is 13.9. The van der Waals surface area contributed by atoms with Crippen molar-refractivity contribution in [2.75, 3.05) is 26.7 Å². The molecule has 0 saturated carbocycles. The van der Waals surface area contributed by atoms with Crippen molar-refractivity contribution in [3.8, 4) is 5.75 Å². The van der Waals surface area contributed by atoms with Gasteiger partial charge in [0.1, 0.15) is 5.75 Å². The highest BCUT2D eigenvalue weighted by Gasteiger charge is 2.19. The fourth-order valence-electron chi connectivity index (χ4n) is 2.63. The summed E-state index contributed by atoms with van der Waals surface area (Å²) in [5.74, 6) is 0.834. The first-order valence-electron chi connectivity index (χ1n) is 7.89. The van der Waals surface area contributed by atoms with Crippen molar-refractivity contribution in [1.82, 2.24) is 10.2 Å². The molecule has 0 bridgehead atoms. The Hall–Kier alpha value is -1.85. The van der Waals surface area contributed by atoms with Crippen molar-refractivity contribution >= 4 is 17.2 Å². The summed E-state index contributed by atoms with van der Waals surface area (Å²) < 4.78 is 5.23. The van der Waals surface area contributed by atoms with Crippen LogP contribution in [0.2, 0.25) is 0 Å². The largest absolute Gasteiger partial charge is 0.497 e. The summed E-state index contributed by atoms with van der Waals surface area (Å²) >= 11 is 1.46. The molecule has 0 saturated heterocycles. The molecule has 1 unspecified atom stereocenters. The topological polar surface area (TPSA) is 41.6 Å². The van der Waals surface area contributed by atoms with E-state index in [1.807, 2.05) is 29.6 Å². The third kappa shape index (κ3) is 4.56. The minimum Gasteiger partial charge on any atom is -0.497 e. The molecule has 0 aliphatic rings. The molecule has 0 aliphatic heterocycles. The van der Waals surface area contributed by atoms with Gasteiger partial charge in [0.25, 0.3) is 5.91 Å². The summed E-state index contributed by atoms with van der Waals surface area (Å²) in [5, 5.41) is 4.98. The Morgan fingerprint density at radius 3 is 2.43 bits per heavy atom. The van der Waals surface area contributed by atoms with E-state index in [1.54, 1.807) is 7.11 Å². The molecule has 0 radical (unpaired) electrons. The van der Waals surface area contributed by atoms with E-state index in [1.165, 1.54) is 16.9 Å².